The van der Waals surface area contributed by atoms with Crippen molar-refractivity contribution in [3.05, 3.63) is 60.2 Å². The van der Waals surface area contributed by atoms with Crippen LogP contribution < -0.4 is 10.6 Å². The molecule has 1 aliphatic heterocycles. The van der Waals surface area contributed by atoms with E-state index >= 15 is 0 Å². The van der Waals surface area contributed by atoms with Crippen molar-refractivity contribution >= 4 is 17.8 Å². The van der Waals surface area contributed by atoms with Crippen LogP contribution in [0.3, 0.4) is 0 Å². The molecule has 2 amide bonds. The Hall–Kier alpha value is -3.87. The number of rotatable bonds is 18. The number of aliphatic hydroxyl groups is 4. The lowest BCUT2D eigenvalue weighted by Gasteiger charge is -2.47. The van der Waals surface area contributed by atoms with Gasteiger partial charge in [0, 0.05) is 19.6 Å². The summed E-state index contributed by atoms with van der Waals surface area (Å²) in [5.41, 5.74) is 0.731. The van der Waals surface area contributed by atoms with E-state index in [0.29, 0.717) is 5.56 Å². The molecule has 6 atom stereocenters. The monoisotopic (exact) mass is 642 g/mol. The van der Waals surface area contributed by atoms with Gasteiger partial charge in [0.25, 0.3) is 0 Å². The van der Waals surface area contributed by atoms with Crippen LogP contribution in [0.25, 0.3) is 11.1 Å². The van der Waals surface area contributed by atoms with Crippen LogP contribution in [0, 0.1) is 12.3 Å². The molecule has 2 aromatic rings. The fourth-order valence-electron chi connectivity index (χ4n) is 5.23. The summed E-state index contributed by atoms with van der Waals surface area (Å²) in [5, 5.41) is 57.0. The van der Waals surface area contributed by atoms with Gasteiger partial charge in [-0.05, 0) is 29.5 Å². The Balaban J connectivity index is 1.62. The van der Waals surface area contributed by atoms with Crippen molar-refractivity contribution < 1.29 is 54.1 Å². The van der Waals surface area contributed by atoms with E-state index in [2.05, 4.69) is 16.6 Å². The van der Waals surface area contributed by atoms with Gasteiger partial charge in [0.2, 0.25) is 11.8 Å². The molecule has 46 heavy (non-hydrogen) atoms. The lowest BCUT2D eigenvalue weighted by molar-refractivity contribution is -0.230. The zero-order chi connectivity index (χ0) is 33.5. The molecule has 250 valence electrons. The summed E-state index contributed by atoms with van der Waals surface area (Å²) in [6, 6.07) is 15.7. The molecule has 1 aliphatic rings. The maximum atomic E-state index is 12.6. The zero-order valence-corrected chi connectivity index (χ0v) is 25.4. The molecule has 1 heterocycles. The van der Waals surface area contributed by atoms with E-state index in [9.17, 15) is 39.9 Å². The van der Waals surface area contributed by atoms with Crippen molar-refractivity contribution in [3.8, 4) is 23.5 Å². The van der Waals surface area contributed by atoms with Crippen LogP contribution in [0.1, 0.15) is 24.8 Å². The molecular formula is C33H42N2O11. The van der Waals surface area contributed by atoms with Crippen molar-refractivity contribution in [1.82, 2.24) is 10.6 Å². The highest BCUT2D eigenvalue weighted by molar-refractivity contribution is 5.79. The normalized spacial score (nSPS) is 22.3. The molecule has 0 unspecified atom stereocenters. The van der Waals surface area contributed by atoms with Gasteiger partial charge < -0.3 is 50.4 Å². The van der Waals surface area contributed by atoms with E-state index in [1.165, 1.54) is 0 Å². The third-order valence-corrected chi connectivity index (χ3v) is 7.62. The number of carbonyl (C=O) groups excluding carboxylic acids is 2. The van der Waals surface area contributed by atoms with E-state index < -0.39 is 73.4 Å². The minimum atomic E-state index is -2.00. The first-order chi connectivity index (χ1) is 22.1. The number of aliphatic hydroxyl groups excluding tert-OH is 4. The van der Waals surface area contributed by atoms with E-state index in [-0.39, 0.29) is 45.7 Å². The van der Waals surface area contributed by atoms with Crippen molar-refractivity contribution in [3.63, 3.8) is 0 Å². The van der Waals surface area contributed by atoms with Crippen LogP contribution in [0.5, 0.6) is 0 Å². The van der Waals surface area contributed by atoms with Gasteiger partial charge in [-0.25, -0.2) is 4.79 Å². The largest absolute Gasteiger partial charge is 0.479 e. The van der Waals surface area contributed by atoms with Crippen molar-refractivity contribution in [2.24, 2.45) is 0 Å². The van der Waals surface area contributed by atoms with Crippen LogP contribution >= 0.6 is 0 Å². The second-order valence-electron chi connectivity index (χ2n) is 11.0. The fraction of sp³-hybridized carbons (Fsp3) is 0.485. The highest BCUT2D eigenvalue weighted by atomic mass is 16.6. The molecule has 2 aromatic carbocycles. The Labute approximate surface area is 267 Å². The van der Waals surface area contributed by atoms with Gasteiger partial charge in [0.1, 0.15) is 25.4 Å². The Morgan fingerprint density at radius 3 is 2.33 bits per heavy atom. The minimum Gasteiger partial charge on any atom is -0.479 e. The lowest BCUT2D eigenvalue weighted by atomic mass is 9.81. The Morgan fingerprint density at radius 2 is 1.67 bits per heavy atom. The minimum absolute atomic E-state index is 0.00800. The van der Waals surface area contributed by atoms with Gasteiger partial charge in [0.15, 0.2) is 5.60 Å². The molecule has 0 spiro atoms. The second kappa shape index (κ2) is 18.3. The fourth-order valence-corrected chi connectivity index (χ4v) is 5.23. The molecule has 1 saturated heterocycles. The standard InChI is InChI=1S/C33H42N2O11/c1-2-14-44-16-17-45-15-6-13-33(32(42)43)19-25(37)29(35-28(40)21-36)31(46-33)30(41)26(38)20-34-27(39)18-22-9-11-24(12-10-22)23-7-4-3-5-8-23/h1,3-5,7-12,25-26,29-31,36-38,41H,6,13-21H2,(H,34,39)(H,35,40)(H,42,43)/t25-,26+,29+,30+,31+,33-/m0/s1. The van der Waals surface area contributed by atoms with Gasteiger partial charge in [-0.15, -0.1) is 6.42 Å². The smallest absolute Gasteiger partial charge is 0.336 e. The summed E-state index contributed by atoms with van der Waals surface area (Å²) in [7, 11) is 0. The van der Waals surface area contributed by atoms with Crippen LogP contribution in [0.2, 0.25) is 0 Å². The zero-order valence-electron chi connectivity index (χ0n) is 25.4. The summed E-state index contributed by atoms with van der Waals surface area (Å²) in [6.45, 7) is -0.640. The topological polar surface area (TPSA) is 204 Å². The number of benzene rings is 2. The highest BCUT2D eigenvalue weighted by Gasteiger charge is 2.54. The first kappa shape index (κ1) is 36.6. The van der Waals surface area contributed by atoms with E-state index in [1.54, 1.807) is 0 Å². The number of hydrogen-bond donors (Lipinski definition) is 7. The summed E-state index contributed by atoms with van der Waals surface area (Å²) >= 11 is 0. The Bertz CT molecular complexity index is 1300. The highest BCUT2D eigenvalue weighted by Crippen LogP contribution is 2.35. The van der Waals surface area contributed by atoms with Crippen LogP contribution in [0.4, 0.5) is 0 Å². The van der Waals surface area contributed by atoms with Gasteiger partial charge in [0.05, 0.1) is 37.9 Å². The molecule has 13 heteroatoms. The molecule has 0 aliphatic carbocycles. The lowest BCUT2D eigenvalue weighted by Crippen LogP contribution is -2.67. The molecule has 0 bridgehead atoms. The number of carbonyl (C=O) groups is 3. The average Bonchev–Trinajstić information content (AvgIpc) is 3.06. The summed E-state index contributed by atoms with van der Waals surface area (Å²) in [4.78, 5) is 37.1. The van der Waals surface area contributed by atoms with Crippen LogP contribution in [-0.2, 0) is 35.0 Å². The molecule has 0 aromatic heterocycles. The number of terminal acetylenes is 1. The number of nitrogens with one attached hydrogen (secondary N) is 2. The van der Waals surface area contributed by atoms with Crippen molar-refractivity contribution in [2.45, 2.75) is 61.7 Å². The van der Waals surface area contributed by atoms with Gasteiger partial charge in [-0.2, -0.15) is 0 Å². The number of aliphatic carboxylic acids is 1. The molecule has 0 radical (unpaired) electrons. The predicted molar refractivity (Wildman–Crippen MR) is 165 cm³/mol. The number of ether oxygens (including phenoxy) is 3. The maximum absolute atomic E-state index is 12.6. The van der Waals surface area contributed by atoms with E-state index in [0.717, 1.165) is 11.1 Å². The number of hydrogen-bond acceptors (Lipinski definition) is 10. The van der Waals surface area contributed by atoms with E-state index in [1.807, 2.05) is 54.6 Å². The SMILES string of the molecule is C#CCOCCOCCC[C@@]1(C(=O)O)C[C@H](O)[C@@H](NC(=O)CO)[C@H]([C@H](O)[C@H](O)CNC(=O)Cc2ccc(-c3ccccc3)cc2)O1. The average molecular weight is 643 g/mol. The molecule has 1 fully saturated rings. The summed E-state index contributed by atoms with van der Waals surface area (Å²) in [5.74, 6) is -0.455. The van der Waals surface area contributed by atoms with Gasteiger partial charge in [-0.1, -0.05) is 60.5 Å². The van der Waals surface area contributed by atoms with Crippen molar-refractivity contribution in [2.75, 3.05) is 39.6 Å². The summed E-state index contributed by atoms with van der Waals surface area (Å²) < 4.78 is 16.4. The first-order valence-corrected chi connectivity index (χ1v) is 15.0. The number of carboxylic acids is 1. The Kier molecular flexibility index (Phi) is 14.6. The quantitative estimate of drug-likeness (QED) is 0.0826. The molecule has 0 saturated carbocycles. The maximum Gasteiger partial charge on any atom is 0.336 e. The van der Waals surface area contributed by atoms with Gasteiger partial charge >= 0.3 is 5.97 Å². The molecular weight excluding hydrogens is 600 g/mol. The molecule has 13 nitrogen and oxygen atoms in total. The van der Waals surface area contributed by atoms with Crippen LogP contribution in [0.15, 0.2) is 54.6 Å². The molecule has 3 rings (SSSR count). The second-order valence-corrected chi connectivity index (χ2v) is 11.0. The number of amides is 2. The van der Waals surface area contributed by atoms with Crippen LogP contribution in [-0.4, -0.2) is 119 Å². The third-order valence-electron chi connectivity index (χ3n) is 7.62. The van der Waals surface area contributed by atoms with E-state index in [4.69, 9.17) is 20.6 Å². The Morgan fingerprint density at radius 1 is 1.00 bits per heavy atom. The third kappa shape index (κ3) is 10.6. The summed E-state index contributed by atoms with van der Waals surface area (Å²) in [6.07, 6.45) is -1.98. The number of carboxylic acid groups (broad SMARTS) is 1. The first-order valence-electron chi connectivity index (χ1n) is 15.0. The van der Waals surface area contributed by atoms with Gasteiger partial charge in [-0.3, -0.25) is 9.59 Å². The van der Waals surface area contributed by atoms with Crippen molar-refractivity contribution in [1.29, 1.82) is 0 Å². The molecule has 7 N–H and O–H groups in total. The predicted octanol–water partition coefficient (Wildman–Crippen LogP) is -0.369.